The maximum atomic E-state index is 13.9. The summed E-state index contributed by atoms with van der Waals surface area (Å²) in [6.45, 7) is 0.859. The Labute approximate surface area is 149 Å². The second-order valence-electron chi connectivity index (χ2n) is 5.56. The Morgan fingerprint density at radius 3 is 2.80 bits per heavy atom. The van der Waals surface area contributed by atoms with E-state index in [2.05, 4.69) is 0 Å². The Morgan fingerprint density at radius 2 is 2.08 bits per heavy atom. The van der Waals surface area contributed by atoms with Crippen LogP contribution in [-0.4, -0.2) is 38.2 Å². The summed E-state index contributed by atoms with van der Waals surface area (Å²) in [5.41, 5.74) is 0.626. The van der Waals surface area contributed by atoms with Gasteiger partial charge in [-0.15, -0.1) is 0 Å². The Bertz CT molecular complexity index is 774. The molecule has 0 unspecified atom stereocenters. The number of halogens is 2. The van der Waals surface area contributed by atoms with Gasteiger partial charge in [-0.1, -0.05) is 17.7 Å². The van der Waals surface area contributed by atoms with E-state index in [1.54, 1.807) is 25.2 Å². The van der Waals surface area contributed by atoms with Gasteiger partial charge in [0.25, 0.3) is 5.91 Å². The van der Waals surface area contributed by atoms with Crippen LogP contribution in [0.15, 0.2) is 30.3 Å². The molecule has 1 heterocycles. The van der Waals surface area contributed by atoms with Crippen LogP contribution in [0.4, 0.5) is 4.39 Å². The zero-order chi connectivity index (χ0) is 18.0. The fourth-order valence-corrected chi connectivity index (χ4v) is 2.83. The Kier molecular flexibility index (Phi) is 4.99. The lowest BCUT2D eigenvalue weighted by Gasteiger charge is -2.23. The Balaban J connectivity index is 1.87. The third kappa shape index (κ3) is 3.49. The second kappa shape index (κ2) is 7.19. The minimum absolute atomic E-state index is 0.0428. The van der Waals surface area contributed by atoms with Gasteiger partial charge in [-0.3, -0.25) is 4.79 Å². The van der Waals surface area contributed by atoms with Crippen LogP contribution in [0.25, 0.3) is 0 Å². The van der Waals surface area contributed by atoms with Crippen molar-refractivity contribution in [3.05, 3.63) is 52.3 Å². The van der Waals surface area contributed by atoms with Crippen molar-refractivity contribution in [1.82, 2.24) is 4.90 Å². The number of rotatable bonds is 4. The summed E-state index contributed by atoms with van der Waals surface area (Å²) in [5, 5.41) is 0.277. The molecule has 7 heteroatoms. The zero-order valence-electron chi connectivity index (χ0n) is 13.8. The van der Waals surface area contributed by atoms with Crippen molar-refractivity contribution in [3.8, 4) is 17.2 Å². The quantitative estimate of drug-likeness (QED) is 0.831. The molecule has 1 aliphatic rings. The molecule has 0 saturated carbocycles. The summed E-state index contributed by atoms with van der Waals surface area (Å²) < 4.78 is 30.3. The summed E-state index contributed by atoms with van der Waals surface area (Å²) in [4.78, 5) is 14.1. The summed E-state index contributed by atoms with van der Waals surface area (Å²) in [5.74, 6) is 0.579. The van der Waals surface area contributed by atoms with Gasteiger partial charge in [-0.05, 0) is 24.3 Å². The molecule has 2 aromatic rings. The number of ether oxygens (including phenoxy) is 3. The van der Waals surface area contributed by atoms with Crippen LogP contribution in [0.1, 0.15) is 15.9 Å². The molecule has 2 aromatic carbocycles. The smallest absolute Gasteiger partial charge is 0.254 e. The molecule has 0 radical (unpaired) electrons. The van der Waals surface area contributed by atoms with E-state index in [-0.39, 0.29) is 23.0 Å². The highest BCUT2D eigenvalue weighted by molar-refractivity contribution is 6.31. The predicted molar refractivity (Wildman–Crippen MR) is 91.2 cm³/mol. The van der Waals surface area contributed by atoms with Crippen LogP contribution in [0, 0.1) is 5.82 Å². The largest absolute Gasteiger partial charge is 0.493 e. The topological polar surface area (TPSA) is 48.0 Å². The number of carbonyl (C=O) groups is 1. The molecule has 0 saturated heterocycles. The number of nitrogens with zero attached hydrogens (tertiary/aromatic N) is 1. The molecule has 3 rings (SSSR count). The van der Waals surface area contributed by atoms with E-state index >= 15 is 0 Å². The molecule has 0 spiro atoms. The number of methoxy groups -OCH3 is 1. The van der Waals surface area contributed by atoms with Crippen molar-refractivity contribution in [2.45, 2.75) is 6.54 Å². The highest BCUT2D eigenvalue weighted by Crippen LogP contribution is 2.40. The number of hydrogen-bond donors (Lipinski definition) is 0. The Hall–Kier alpha value is -2.47. The number of carbonyl (C=O) groups excluding carboxylic acids is 1. The van der Waals surface area contributed by atoms with Gasteiger partial charge in [-0.2, -0.15) is 0 Å². The van der Waals surface area contributed by atoms with Crippen LogP contribution in [0.2, 0.25) is 5.02 Å². The minimum atomic E-state index is -0.452. The average molecular weight is 366 g/mol. The van der Waals surface area contributed by atoms with Gasteiger partial charge in [0, 0.05) is 29.7 Å². The molecule has 0 aromatic heterocycles. The normalized spacial score (nSPS) is 12.6. The van der Waals surface area contributed by atoms with Crippen LogP contribution >= 0.6 is 11.6 Å². The first-order valence-corrected chi connectivity index (χ1v) is 8.05. The standard InChI is InChI=1S/C18H17ClFNO4/c1-21(10-12-13(19)4-3-5-14(12)20)18(22)11-8-15(23-2)17-16(9-11)24-6-7-25-17/h3-5,8-9H,6-7,10H2,1-2H3. The fourth-order valence-electron chi connectivity index (χ4n) is 2.61. The van der Waals surface area contributed by atoms with E-state index in [0.29, 0.717) is 36.0 Å². The number of amides is 1. The molecule has 132 valence electrons. The van der Waals surface area contributed by atoms with Gasteiger partial charge >= 0.3 is 0 Å². The molecule has 0 fully saturated rings. The molecule has 0 aliphatic carbocycles. The maximum absolute atomic E-state index is 13.9. The van der Waals surface area contributed by atoms with E-state index in [9.17, 15) is 9.18 Å². The van der Waals surface area contributed by atoms with E-state index in [0.717, 1.165) is 0 Å². The summed E-state index contributed by atoms with van der Waals surface area (Å²) in [6, 6.07) is 7.60. The molecule has 0 atom stereocenters. The first-order chi connectivity index (χ1) is 12.0. The Morgan fingerprint density at radius 1 is 1.32 bits per heavy atom. The average Bonchev–Trinajstić information content (AvgIpc) is 2.63. The van der Waals surface area contributed by atoms with E-state index < -0.39 is 5.82 Å². The van der Waals surface area contributed by atoms with Crippen molar-refractivity contribution < 1.29 is 23.4 Å². The molecule has 0 bridgehead atoms. The van der Waals surface area contributed by atoms with Gasteiger partial charge in [0.15, 0.2) is 11.5 Å². The van der Waals surface area contributed by atoms with Crippen molar-refractivity contribution in [2.24, 2.45) is 0 Å². The number of benzene rings is 2. The number of fused-ring (bicyclic) bond motifs is 1. The van der Waals surface area contributed by atoms with Gasteiger partial charge in [0.05, 0.1) is 7.11 Å². The lowest BCUT2D eigenvalue weighted by Crippen LogP contribution is -2.27. The molecule has 5 nitrogen and oxygen atoms in total. The SMILES string of the molecule is COc1cc(C(=O)N(C)Cc2c(F)cccc2Cl)cc2c1OCCO2. The van der Waals surface area contributed by atoms with Crippen molar-refractivity contribution in [2.75, 3.05) is 27.4 Å². The molecule has 1 amide bonds. The molecule has 1 aliphatic heterocycles. The molecule has 0 N–H and O–H groups in total. The van der Waals surface area contributed by atoms with Gasteiger partial charge in [0.1, 0.15) is 19.0 Å². The van der Waals surface area contributed by atoms with E-state index in [1.165, 1.54) is 24.1 Å². The molecule has 25 heavy (non-hydrogen) atoms. The van der Waals surface area contributed by atoms with E-state index in [1.807, 2.05) is 0 Å². The van der Waals surface area contributed by atoms with Gasteiger partial charge < -0.3 is 19.1 Å². The fraction of sp³-hybridized carbons (Fsp3) is 0.278. The second-order valence-corrected chi connectivity index (χ2v) is 5.97. The summed E-state index contributed by atoms with van der Waals surface area (Å²) in [6.07, 6.45) is 0. The highest BCUT2D eigenvalue weighted by atomic mass is 35.5. The minimum Gasteiger partial charge on any atom is -0.493 e. The lowest BCUT2D eigenvalue weighted by atomic mass is 10.1. The summed E-state index contributed by atoms with van der Waals surface area (Å²) in [7, 11) is 3.07. The molecular weight excluding hydrogens is 349 g/mol. The van der Waals surface area contributed by atoms with Crippen LogP contribution < -0.4 is 14.2 Å². The lowest BCUT2D eigenvalue weighted by molar-refractivity contribution is 0.0782. The summed E-state index contributed by atoms with van der Waals surface area (Å²) >= 11 is 6.03. The zero-order valence-corrected chi connectivity index (χ0v) is 14.6. The molecular formula is C18H17ClFNO4. The highest BCUT2D eigenvalue weighted by Gasteiger charge is 2.23. The maximum Gasteiger partial charge on any atom is 0.254 e. The van der Waals surface area contributed by atoms with Gasteiger partial charge in [-0.25, -0.2) is 4.39 Å². The monoisotopic (exact) mass is 365 g/mol. The first kappa shape index (κ1) is 17.4. The van der Waals surface area contributed by atoms with Crippen LogP contribution in [0.5, 0.6) is 17.2 Å². The first-order valence-electron chi connectivity index (χ1n) is 7.67. The van der Waals surface area contributed by atoms with Crippen LogP contribution in [0.3, 0.4) is 0 Å². The van der Waals surface area contributed by atoms with Crippen molar-refractivity contribution >= 4 is 17.5 Å². The van der Waals surface area contributed by atoms with Crippen molar-refractivity contribution in [3.63, 3.8) is 0 Å². The number of hydrogen-bond acceptors (Lipinski definition) is 4. The van der Waals surface area contributed by atoms with Crippen molar-refractivity contribution in [1.29, 1.82) is 0 Å². The third-order valence-electron chi connectivity index (χ3n) is 3.88. The van der Waals surface area contributed by atoms with Gasteiger partial charge in [0.2, 0.25) is 5.75 Å². The predicted octanol–water partition coefficient (Wildman–Crippen LogP) is 3.53. The third-order valence-corrected chi connectivity index (χ3v) is 4.23. The van der Waals surface area contributed by atoms with Crippen LogP contribution in [-0.2, 0) is 6.54 Å². The van der Waals surface area contributed by atoms with E-state index in [4.69, 9.17) is 25.8 Å².